The molecule has 126 valence electrons. The van der Waals surface area contributed by atoms with Crippen molar-refractivity contribution in [2.75, 3.05) is 6.54 Å². The van der Waals surface area contributed by atoms with Crippen LogP contribution in [0.2, 0.25) is 10.0 Å². The summed E-state index contributed by atoms with van der Waals surface area (Å²) in [6.45, 7) is 3.78. The molecular formula is C20H21Cl2NO. The van der Waals surface area contributed by atoms with Crippen LogP contribution in [0.5, 0.6) is 0 Å². The fraction of sp³-hybridized carbons (Fsp3) is 0.300. The Hall–Kier alpha value is -1.48. The lowest BCUT2D eigenvalue weighted by atomic mass is 10.1. The molecular weight excluding hydrogens is 341 g/mol. The molecule has 3 aromatic rings. The standard InChI is InChI=1S/C20H21Cl2NO/c1-2-3-14-5-7-20-16(10-14)12-17(24-20)13-23-9-8-15-4-6-18(21)19(22)11-15/h4-7,10-12,23H,2-3,8-9,13H2,1H3. The summed E-state index contributed by atoms with van der Waals surface area (Å²) in [5.74, 6) is 0.966. The van der Waals surface area contributed by atoms with Gasteiger partial charge in [0.05, 0.1) is 16.6 Å². The van der Waals surface area contributed by atoms with Crippen LogP contribution in [0.1, 0.15) is 30.2 Å². The highest BCUT2D eigenvalue weighted by molar-refractivity contribution is 6.42. The maximum Gasteiger partial charge on any atom is 0.134 e. The van der Waals surface area contributed by atoms with Crippen molar-refractivity contribution < 1.29 is 4.42 Å². The minimum atomic E-state index is 0.595. The maximum absolute atomic E-state index is 6.04. The van der Waals surface area contributed by atoms with E-state index in [4.69, 9.17) is 27.6 Å². The van der Waals surface area contributed by atoms with Crippen LogP contribution >= 0.6 is 23.2 Å². The van der Waals surface area contributed by atoms with Gasteiger partial charge in [-0.25, -0.2) is 0 Å². The average molecular weight is 362 g/mol. The van der Waals surface area contributed by atoms with Gasteiger partial charge in [0.15, 0.2) is 0 Å². The number of rotatable bonds is 7. The van der Waals surface area contributed by atoms with Crippen molar-refractivity contribution in [1.29, 1.82) is 0 Å². The number of halogens is 2. The van der Waals surface area contributed by atoms with Crippen LogP contribution in [-0.4, -0.2) is 6.54 Å². The lowest BCUT2D eigenvalue weighted by molar-refractivity contribution is 0.515. The fourth-order valence-corrected chi connectivity index (χ4v) is 3.14. The summed E-state index contributed by atoms with van der Waals surface area (Å²) in [5.41, 5.74) is 3.49. The normalized spacial score (nSPS) is 11.3. The molecule has 0 saturated carbocycles. The lowest BCUT2D eigenvalue weighted by Crippen LogP contribution is -2.16. The first-order valence-electron chi connectivity index (χ1n) is 8.31. The molecule has 1 heterocycles. The van der Waals surface area contributed by atoms with Gasteiger partial charge in [0.25, 0.3) is 0 Å². The zero-order valence-electron chi connectivity index (χ0n) is 13.7. The van der Waals surface area contributed by atoms with Crippen molar-refractivity contribution in [3.05, 3.63) is 69.4 Å². The van der Waals surface area contributed by atoms with Crippen molar-refractivity contribution in [2.45, 2.75) is 32.7 Å². The van der Waals surface area contributed by atoms with E-state index in [0.717, 1.165) is 43.7 Å². The molecule has 0 aliphatic carbocycles. The van der Waals surface area contributed by atoms with Gasteiger partial charge in [0.1, 0.15) is 11.3 Å². The number of furan rings is 1. The highest BCUT2D eigenvalue weighted by atomic mass is 35.5. The second kappa shape index (κ2) is 8.06. The third-order valence-electron chi connectivity index (χ3n) is 4.04. The van der Waals surface area contributed by atoms with Crippen molar-refractivity contribution in [1.82, 2.24) is 5.32 Å². The summed E-state index contributed by atoms with van der Waals surface area (Å²) in [6.07, 6.45) is 3.17. The molecule has 24 heavy (non-hydrogen) atoms. The molecule has 2 nitrogen and oxygen atoms in total. The molecule has 0 bridgehead atoms. The van der Waals surface area contributed by atoms with Crippen LogP contribution < -0.4 is 5.32 Å². The number of hydrogen-bond donors (Lipinski definition) is 1. The van der Waals surface area contributed by atoms with Crippen molar-refractivity contribution in [2.24, 2.45) is 0 Å². The monoisotopic (exact) mass is 361 g/mol. The van der Waals surface area contributed by atoms with E-state index in [0.29, 0.717) is 10.0 Å². The van der Waals surface area contributed by atoms with Crippen molar-refractivity contribution >= 4 is 34.2 Å². The Morgan fingerprint density at radius 3 is 2.50 bits per heavy atom. The van der Waals surface area contributed by atoms with E-state index in [2.05, 4.69) is 36.5 Å². The predicted octanol–water partition coefficient (Wildman–Crippen LogP) is 6.02. The highest BCUT2D eigenvalue weighted by Crippen LogP contribution is 2.23. The van der Waals surface area contributed by atoms with Crippen molar-refractivity contribution in [3.8, 4) is 0 Å². The summed E-state index contributed by atoms with van der Waals surface area (Å²) in [7, 11) is 0. The maximum atomic E-state index is 6.04. The van der Waals surface area contributed by atoms with Gasteiger partial charge in [-0.05, 0) is 60.8 Å². The molecule has 3 rings (SSSR count). The van der Waals surface area contributed by atoms with Gasteiger partial charge in [-0.2, -0.15) is 0 Å². The first kappa shape index (κ1) is 17.3. The van der Waals surface area contributed by atoms with Gasteiger partial charge in [-0.15, -0.1) is 0 Å². The number of nitrogens with one attached hydrogen (secondary N) is 1. The van der Waals surface area contributed by atoms with E-state index in [-0.39, 0.29) is 0 Å². The molecule has 0 atom stereocenters. The van der Waals surface area contributed by atoms with Gasteiger partial charge in [0, 0.05) is 5.39 Å². The van der Waals surface area contributed by atoms with Gasteiger partial charge in [0.2, 0.25) is 0 Å². The Kier molecular flexibility index (Phi) is 5.83. The van der Waals surface area contributed by atoms with Crippen LogP contribution in [0.25, 0.3) is 11.0 Å². The number of aryl methyl sites for hydroxylation is 1. The van der Waals surface area contributed by atoms with Crippen LogP contribution in [0.15, 0.2) is 46.9 Å². The first-order chi connectivity index (χ1) is 11.7. The molecule has 0 fully saturated rings. The zero-order chi connectivity index (χ0) is 16.9. The minimum absolute atomic E-state index is 0.595. The molecule has 0 aliphatic heterocycles. The second-order valence-electron chi connectivity index (χ2n) is 6.01. The van der Waals surface area contributed by atoms with Crippen molar-refractivity contribution in [3.63, 3.8) is 0 Å². The zero-order valence-corrected chi connectivity index (χ0v) is 15.3. The summed E-state index contributed by atoms with van der Waals surface area (Å²) < 4.78 is 5.89. The Balaban J connectivity index is 1.54. The minimum Gasteiger partial charge on any atom is -0.460 e. The molecule has 0 saturated heterocycles. The largest absolute Gasteiger partial charge is 0.460 e. The van der Waals surface area contributed by atoms with E-state index in [1.165, 1.54) is 16.5 Å². The molecule has 0 radical (unpaired) electrons. The number of hydrogen-bond acceptors (Lipinski definition) is 2. The molecule has 0 spiro atoms. The predicted molar refractivity (Wildman–Crippen MR) is 102 cm³/mol. The first-order valence-corrected chi connectivity index (χ1v) is 9.07. The summed E-state index contributed by atoms with van der Waals surface area (Å²) in [4.78, 5) is 0. The fourth-order valence-electron chi connectivity index (χ4n) is 2.82. The smallest absolute Gasteiger partial charge is 0.134 e. The van der Waals surface area contributed by atoms with Gasteiger partial charge < -0.3 is 9.73 Å². The molecule has 0 unspecified atom stereocenters. The van der Waals surface area contributed by atoms with E-state index in [1.54, 1.807) is 0 Å². The molecule has 0 amide bonds. The lowest BCUT2D eigenvalue weighted by Gasteiger charge is -2.04. The van der Waals surface area contributed by atoms with Gasteiger partial charge >= 0.3 is 0 Å². The van der Waals surface area contributed by atoms with Gasteiger partial charge in [-0.3, -0.25) is 0 Å². The highest BCUT2D eigenvalue weighted by Gasteiger charge is 2.05. The Morgan fingerprint density at radius 1 is 0.917 bits per heavy atom. The Labute approximate surface area is 152 Å². The molecule has 0 aliphatic rings. The van der Waals surface area contributed by atoms with Crippen LogP contribution in [0.3, 0.4) is 0 Å². The third kappa shape index (κ3) is 4.32. The molecule has 2 aromatic carbocycles. The average Bonchev–Trinajstić information content (AvgIpc) is 2.97. The topological polar surface area (TPSA) is 25.2 Å². The van der Waals surface area contributed by atoms with Gasteiger partial charge in [-0.1, -0.05) is 48.7 Å². The van der Waals surface area contributed by atoms with Crippen LogP contribution in [0, 0.1) is 0 Å². The third-order valence-corrected chi connectivity index (χ3v) is 4.78. The number of benzene rings is 2. The van der Waals surface area contributed by atoms with E-state index >= 15 is 0 Å². The second-order valence-corrected chi connectivity index (χ2v) is 6.82. The molecule has 4 heteroatoms. The van der Waals surface area contributed by atoms with E-state index in [1.807, 2.05) is 18.2 Å². The number of fused-ring (bicyclic) bond motifs is 1. The quantitative estimate of drug-likeness (QED) is 0.520. The van der Waals surface area contributed by atoms with Crippen LogP contribution in [0.4, 0.5) is 0 Å². The molecule has 1 N–H and O–H groups in total. The molecule has 1 aromatic heterocycles. The van der Waals surface area contributed by atoms with E-state index < -0.39 is 0 Å². The summed E-state index contributed by atoms with van der Waals surface area (Å²) >= 11 is 12.0. The van der Waals surface area contributed by atoms with Crippen LogP contribution in [-0.2, 0) is 19.4 Å². The Morgan fingerprint density at radius 2 is 1.71 bits per heavy atom. The summed E-state index contributed by atoms with van der Waals surface area (Å²) in [6, 6.07) is 14.3. The SMILES string of the molecule is CCCc1ccc2oc(CNCCc3ccc(Cl)c(Cl)c3)cc2c1. The summed E-state index contributed by atoms with van der Waals surface area (Å²) in [5, 5.41) is 5.80. The van der Waals surface area contributed by atoms with E-state index in [9.17, 15) is 0 Å². The Bertz CT molecular complexity index is 826.